The third-order valence-electron chi connectivity index (χ3n) is 2.83. The van der Waals surface area contributed by atoms with E-state index in [9.17, 15) is 4.79 Å². The highest BCUT2D eigenvalue weighted by Crippen LogP contribution is 2.17. The Morgan fingerprint density at radius 3 is 2.46 bits per heavy atom. The fraction of sp³-hybridized carbons (Fsp3) is 0.900. The number of carbonyl (C=O) groups excluding carboxylic acids is 1. The second-order valence-electron chi connectivity index (χ2n) is 3.64. The molecule has 1 atom stereocenters. The van der Waals surface area contributed by atoms with Crippen LogP contribution in [0.3, 0.4) is 0 Å². The van der Waals surface area contributed by atoms with E-state index in [0.29, 0.717) is 6.04 Å². The van der Waals surface area contributed by atoms with E-state index in [2.05, 4.69) is 6.92 Å². The summed E-state index contributed by atoms with van der Waals surface area (Å²) in [5.74, 6) is 0. The van der Waals surface area contributed by atoms with Gasteiger partial charge in [-0.1, -0.05) is 0 Å². The molecule has 3 nitrogen and oxygen atoms in total. The van der Waals surface area contributed by atoms with Crippen LogP contribution in [-0.4, -0.2) is 41.5 Å². The Kier molecular flexibility index (Phi) is 3.58. The average molecular weight is 184 g/mol. The molecule has 76 valence electrons. The first-order valence-corrected chi connectivity index (χ1v) is 5.26. The zero-order chi connectivity index (χ0) is 9.84. The summed E-state index contributed by atoms with van der Waals surface area (Å²) in [7, 11) is 0. The predicted molar refractivity (Wildman–Crippen MR) is 53.7 cm³/mol. The van der Waals surface area contributed by atoms with E-state index in [1.165, 1.54) is 0 Å². The van der Waals surface area contributed by atoms with Gasteiger partial charge >= 0.3 is 6.03 Å². The fourth-order valence-electron chi connectivity index (χ4n) is 1.89. The maximum Gasteiger partial charge on any atom is 0.320 e. The maximum absolute atomic E-state index is 11.9. The van der Waals surface area contributed by atoms with Crippen molar-refractivity contribution in [2.24, 2.45) is 0 Å². The monoisotopic (exact) mass is 184 g/mol. The number of rotatable bonds is 2. The van der Waals surface area contributed by atoms with Gasteiger partial charge in [-0.2, -0.15) is 0 Å². The first-order chi connectivity index (χ1) is 6.20. The number of nitrogens with zero attached hydrogens (tertiary/aromatic N) is 2. The molecule has 0 N–H and O–H groups in total. The standard InChI is InChI=1S/C10H20N2O/c1-4-11(5-2)10(13)12-8-6-7-9(12)3/h9H,4-8H2,1-3H3. The first kappa shape index (κ1) is 10.4. The summed E-state index contributed by atoms with van der Waals surface area (Å²) < 4.78 is 0. The molecule has 3 heteroatoms. The molecule has 2 amide bonds. The quantitative estimate of drug-likeness (QED) is 0.643. The summed E-state index contributed by atoms with van der Waals surface area (Å²) in [6, 6.07) is 0.656. The van der Waals surface area contributed by atoms with Crippen LogP contribution < -0.4 is 0 Å². The van der Waals surface area contributed by atoms with Gasteiger partial charge in [-0.15, -0.1) is 0 Å². The summed E-state index contributed by atoms with van der Waals surface area (Å²) in [6.07, 6.45) is 2.32. The van der Waals surface area contributed by atoms with Crippen molar-refractivity contribution in [2.45, 2.75) is 39.7 Å². The number of hydrogen-bond acceptors (Lipinski definition) is 1. The van der Waals surface area contributed by atoms with Crippen LogP contribution in [0, 0.1) is 0 Å². The van der Waals surface area contributed by atoms with Crippen molar-refractivity contribution in [3.63, 3.8) is 0 Å². The van der Waals surface area contributed by atoms with Gasteiger partial charge in [0.25, 0.3) is 0 Å². The first-order valence-electron chi connectivity index (χ1n) is 5.26. The second-order valence-corrected chi connectivity index (χ2v) is 3.64. The third-order valence-corrected chi connectivity index (χ3v) is 2.83. The minimum Gasteiger partial charge on any atom is -0.325 e. The van der Waals surface area contributed by atoms with Gasteiger partial charge in [0.05, 0.1) is 0 Å². The van der Waals surface area contributed by atoms with Crippen LogP contribution in [0.5, 0.6) is 0 Å². The Bertz CT molecular complexity index is 178. The normalized spacial score (nSPS) is 22.1. The molecule has 0 aromatic rings. The smallest absolute Gasteiger partial charge is 0.320 e. The summed E-state index contributed by atoms with van der Waals surface area (Å²) >= 11 is 0. The lowest BCUT2D eigenvalue weighted by molar-refractivity contribution is 0.155. The number of hydrogen-bond donors (Lipinski definition) is 0. The minimum absolute atomic E-state index is 0.218. The Labute approximate surface area is 80.7 Å². The zero-order valence-electron chi connectivity index (χ0n) is 8.92. The van der Waals surface area contributed by atoms with Crippen LogP contribution in [0.2, 0.25) is 0 Å². The molecule has 1 heterocycles. The highest BCUT2D eigenvalue weighted by molar-refractivity contribution is 5.75. The molecule has 0 saturated carbocycles. The van der Waals surface area contributed by atoms with Crippen molar-refractivity contribution in [1.82, 2.24) is 9.80 Å². The van der Waals surface area contributed by atoms with Gasteiger partial charge < -0.3 is 9.80 Å². The summed E-state index contributed by atoms with van der Waals surface area (Å²) in [4.78, 5) is 15.8. The molecule has 0 aromatic carbocycles. The summed E-state index contributed by atoms with van der Waals surface area (Å²) in [6.45, 7) is 8.77. The zero-order valence-corrected chi connectivity index (χ0v) is 8.92. The van der Waals surface area contributed by atoms with E-state index in [1.54, 1.807) is 0 Å². The van der Waals surface area contributed by atoms with Crippen LogP contribution >= 0.6 is 0 Å². The van der Waals surface area contributed by atoms with Crippen molar-refractivity contribution in [3.8, 4) is 0 Å². The van der Waals surface area contributed by atoms with Gasteiger partial charge in [0.2, 0.25) is 0 Å². The van der Waals surface area contributed by atoms with Crippen LogP contribution in [0.15, 0.2) is 0 Å². The van der Waals surface area contributed by atoms with Gasteiger partial charge in [0, 0.05) is 25.7 Å². The molecule has 0 spiro atoms. The van der Waals surface area contributed by atoms with Crippen LogP contribution in [0.1, 0.15) is 33.6 Å². The molecule has 0 bridgehead atoms. The second kappa shape index (κ2) is 4.49. The lowest BCUT2D eigenvalue weighted by Gasteiger charge is -2.28. The molecule has 1 aliphatic heterocycles. The Balaban J connectivity index is 2.54. The SMILES string of the molecule is CCN(CC)C(=O)N1CCCC1C. The van der Waals surface area contributed by atoms with E-state index in [1.807, 2.05) is 23.6 Å². The van der Waals surface area contributed by atoms with Crippen LogP contribution in [-0.2, 0) is 0 Å². The Morgan fingerprint density at radius 1 is 1.46 bits per heavy atom. The van der Waals surface area contributed by atoms with Gasteiger partial charge in [0.1, 0.15) is 0 Å². The molecule has 0 aromatic heterocycles. The Hall–Kier alpha value is -0.730. The van der Waals surface area contributed by atoms with Gasteiger partial charge in [-0.25, -0.2) is 4.79 Å². The lowest BCUT2D eigenvalue weighted by Crippen LogP contribution is -2.44. The minimum atomic E-state index is 0.218. The molecule has 1 fully saturated rings. The molecule has 13 heavy (non-hydrogen) atoms. The van der Waals surface area contributed by atoms with E-state index in [4.69, 9.17) is 0 Å². The van der Waals surface area contributed by atoms with Crippen molar-refractivity contribution in [2.75, 3.05) is 19.6 Å². The topological polar surface area (TPSA) is 23.6 Å². The molecule has 0 aliphatic carbocycles. The summed E-state index contributed by atoms with van der Waals surface area (Å²) in [5, 5.41) is 0. The molecule has 1 rings (SSSR count). The lowest BCUT2D eigenvalue weighted by atomic mass is 10.2. The molecule has 1 saturated heterocycles. The third kappa shape index (κ3) is 2.14. The highest BCUT2D eigenvalue weighted by Gasteiger charge is 2.27. The maximum atomic E-state index is 11.9. The number of likely N-dealkylation sites (tertiary alicyclic amines) is 1. The van der Waals surface area contributed by atoms with Crippen molar-refractivity contribution >= 4 is 6.03 Å². The molecule has 1 unspecified atom stereocenters. The largest absolute Gasteiger partial charge is 0.325 e. The molecule has 1 aliphatic rings. The predicted octanol–water partition coefficient (Wildman–Crippen LogP) is 1.93. The van der Waals surface area contributed by atoms with Gasteiger partial charge in [-0.05, 0) is 33.6 Å². The number of carbonyl (C=O) groups is 1. The van der Waals surface area contributed by atoms with Gasteiger partial charge in [0.15, 0.2) is 0 Å². The van der Waals surface area contributed by atoms with Crippen molar-refractivity contribution in [1.29, 1.82) is 0 Å². The van der Waals surface area contributed by atoms with E-state index in [0.717, 1.165) is 32.5 Å². The van der Waals surface area contributed by atoms with E-state index < -0.39 is 0 Å². The fourth-order valence-corrected chi connectivity index (χ4v) is 1.89. The Morgan fingerprint density at radius 2 is 2.08 bits per heavy atom. The van der Waals surface area contributed by atoms with Gasteiger partial charge in [-0.3, -0.25) is 0 Å². The molecular weight excluding hydrogens is 164 g/mol. The molecule has 0 radical (unpaired) electrons. The van der Waals surface area contributed by atoms with Crippen molar-refractivity contribution < 1.29 is 4.79 Å². The highest BCUT2D eigenvalue weighted by atomic mass is 16.2. The number of amides is 2. The van der Waals surface area contributed by atoms with E-state index >= 15 is 0 Å². The van der Waals surface area contributed by atoms with E-state index in [-0.39, 0.29) is 6.03 Å². The van der Waals surface area contributed by atoms with Crippen molar-refractivity contribution in [3.05, 3.63) is 0 Å². The number of urea groups is 1. The molecular formula is C10H20N2O. The van der Waals surface area contributed by atoms with Crippen LogP contribution in [0.4, 0.5) is 4.79 Å². The van der Waals surface area contributed by atoms with Crippen LogP contribution in [0.25, 0.3) is 0 Å². The average Bonchev–Trinajstić information content (AvgIpc) is 2.53. The summed E-state index contributed by atoms with van der Waals surface area (Å²) in [5.41, 5.74) is 0.